The van der Waals surface area contributed by atoms with E-state index in [0.717, 1.165) is 33.1 Å². The molecule has 2 heterocycles. The molecule has 6 aromatic rings. The second-order valence-corrected chi connectivity index (χ2v) is 18.9. The number of hydrogen-bond acceptors (Lipinski definition) is 10. The molecule has 0 saturated carbocycles. The van der Waals surface area contributed by atoms with Crippen molar-refractivity contribution in [2.45, 2.75) is 99.6 Å². The molecule has 4 aromatic carbocycles. The van der Waals surface area contributed by atoms with Gasteiger partial charge in [0.05, 0.1) is 26.2 Å². The number of nitrogens with one attached hydrogen (secondary N) is 4. The molecule has 0 spiro atoms. The van der Waals surface area contributed by atoms with Crippen molar-refractivity contribution in [3.8, 4) is 0 Å². The van der Waals surface area contributed by atoms with Crippen LogP contribution in [0.4, 0.5) is 18.4 Å². The Labute approximate surface area is 430 Å². The number of carbonyl (C=O) groups is 6. The number of hydrogen-bond donors (Lipinski definition) is 6. The molecule has 2 aromatic heterocycles. The lowest BCUT2D eigenvalue weighted by atomic mass is 9.81. The Morgan fingerprint density at radius 2 is 1.04 bits per heavy atom. The van der Waals surface area contributed by atoms with Crippen molar-refractivity contribution >= 4 is 57.7 Å². The first-order valence-corrected chi connectivity index (χ1v) is 22.7. The van der Waals surface area contributed by atoms with E-state index < -0.39 is 64.8 Å². The van der Waals surface area contributed by atoms with Crippen LogP contribution in [-0.2, 0) is 64.2 Å². The van der Waals surface area contributed by atoms with Crippen LogP contribution < -0.4 is 28.8 Å². The summed E-state index contributed by atoms with van der Waals surface area (Å²) in [4.78, 5) is 78.4. The minimum atomic E-state index is -1.08. The van der Waals surface area contributed by atoms with Gasteiger partial charge in [-0.05, 0) is 75.9 Å². The van der Waals surface area contributed by atoms with Gasteiger partial charge >= 0.3 is 30.1 Å². The van der Waals surface area contributed by atoms with Crippen molar-refractivity contribution < 1.29 is 79.7 Å². The van der Waals surface area contributed by atoms with Crippen LogP contribution in [0.5, 0.6) is 0 Å². The van der Waals surface area contributed by atoms with Gasteiger partial charge in [0, 0.05) is 47.0 Å². The Morgan fingerprint density at radius 3 is 1.44 bits per heavy atom. The maximum Gasteiger partial charge on any atom is 0.408 e. The Hall–Kier alpha value is -7.31. The molecule has 16 nitrogen and oxygen atoms in total. The molecule has 4 atom stereocenters. The lowest BCUT2D eigenvalue weighted by Crippen LogP contribution is -3.00. The molecule has 0 fully saturated rings. The summed E-state index contributed by atoms with van der Waals surface area (Å²) in [6, 6.07) is 24.9. The minimum Gasteiger partial charge on any atom is -1.00 e. The largest absolute Gasteiger partial charge is 1.00 e. The fourth-order valence-corrected chi connectivity index (χ4v) is 7.38. The zero-order valence-corrected chi connectivity index (χ0v) is 42.4. The van der Waals surface area contributed by atoms with E-state index in [-0.39, 0.29) is 63.5 Å². The quantitative estimate of drug-likeness (QED) is 0.0513. The van der Waals surface area contributed by atoms with Crippen LogP contribution in [0, 0.1) is 28.4 Å². The molecule has 2 unspecified atom stereocenters. The number of H-pyrrole nitrogens is 2. The van der Waals surface area contributed by atoms with Crippen molar-refractivity contribution in [2.24, 2.45) is 16.7 Å². The Balaban J connectivity index is 0.000000406. The maximum atomic E-state index is 13.8. The van der Waals surface area contributed by atoms with E-state index in [2.05, 4.69) is 31.1 Å². The van der Waals surface area contributed by atoms with Crippen molar-refractivity contribution in [1.29, 1.82) is 0 Å². The molecular weight excluding hydrogens is 968 g/mol. The number of carbonyl (C=O) groups excluding carboxylic acids is 5. The van der Waals surface area contributed by atoms with Crippen LogP contribution in [0.3, 0.4) is 0 Å². The molecule has 0 radical (unpaired) electrons. The minimum absolute atomic E-state index is 0. The Bertz CT molecular complexity index is 2740. The molecule has 2 amide bonds. The Morgan fingerprint density at radius 1 is 0.630 bits per heavy atom. The van der Waals surface area contributed by atoms with Gasteiger partial charge in [-0.25, -0.2) is 28.0 Å². The number of aliphatic carboxylic acids is 1. The molecule has 6 rings (SSSR count). The highest BCUT2D eigenvalue weighted by Gasteiger charge is 2.36. The third-order valence-electron chi connectivity index (χ3n) is 11.2. The van der Waals surface area contributed by atoms with E-state index in [4.69, 9.17) is 19.3 Å². The van der Waals surface area contributed by atoms with E-state index in [1.165, 1.54) is 38.5 Å². The number of quaternary nitrogens is 1. The second-order valence-electron chi connectivity index (χ2n) is 18.9. The summed E-state index contributed by atoms with van der Waals surface area (Å²) < 4.78 is 46.8. The highest BCUT2D eigenvalue weighted by molar-refractivity contribution is 5.92. The molecule has 0 bridgehead atoms. The lowest BCUT2D eigenvalue weighted by molar-refractivity contribution is -0.407. The molecule has 0 aliphatic heterocycles. The van der Waals surface area contributed by atoms with E-state index in [1.54, 1.807) is 45.3 Å². The number of ketones is 1. The highest BCUT2D eigenvalue weighted by Crippen LogP contribution is 2.28. The predicted octanol–water partition coefficient (Wildman–Crippen LogP) is 5.62. The SMILES string of the molecule is C.CC(C)(C)[C@H](NC(=O)OCc1ccccc1)C(=O)O.COC(=O)C(CC(=O)[C@@H](NC(=O)OCc1ccccc1)C(C)(C)C)Cc1c[nH]c2ccc(F)cc12.COC(=O)C([NH3+])Cc1c[nH]c2ccc(F)cc12.[Cl-]. The van der Waals surface area contributed by atoms with Crippen molar-refractivity contribution in [1.82, 2.24) is 20.6 Å². The Kier molecular flexibility index (Phi) is 24.3. The van der Waals surface area contributed by atoms with Crippen molar-refractivity contribution in [2.75, 3.05) is 14.2 Å². The molecule has 396 valence electrons. The van der Waals surface area contributed by atoms with Crippen LogP contribution in [0.25, 0.3) is 21.8 Å². The number of benzene rings is 4. The van der Waals surface area contributed by atoms with Gasteiger partial charge in [0.2, 0.25) is 0 Å². The molecule has 0 saturated heterocycles. The van der Waals surface area contributed by atoms with Gasteiger partial charge in [-0.1, -0.05) is 110 Å². The third kappa shape index (κ3) is 19.3. The number of aromatic nitrogens is 2. The molecular formula is C54H68ClF2N5O11. The highest BCUT2D eigenvalue weighted by atomic mass is 35.5. The van der Waals surface area contributed by atoms with Gasteiger partial charge in [0.15, 0.2) is 11.8 Å². The zero-order valence-electron chi connectivity index (χ0n) is 41.6. The van der Waals surface area contributed by atoms with Gasteiger partial charge in [0.25, 0.3) is 0 Å². The number of halogens is 3. The van der Waals surface area contributed by atoms with Crippen LogP contribution >= 0.6 is 0 Å². The lowest BCUT2D eigenvalue weighted by Gasteiger charge is -2.30. The maximum absolute atomic E-state index is 13.8. The van der Waals surface area contributed by atoms with E-state index in [0.29, 0.717) is 17.4 Å². The second kappa shape index (κ2) is 28.7. The number of carboxylic acids is 1. The number of alkyl carbamates (subject to hydrolysis) is 2. The van der Waals surface area contributed by atoms with Gasteiger partial charge < -0.3 is 62.8 Å². The van der Waals surface area contributed by atoms with Gasteiger partial charge in [-0.3, -0.25) is 9.59 Å². The third-order valence-corrected chi connectivity index (χ3v) is 11.2. The van der Waals surface area contributed by atoms with Crippen LogP contribution in [0.1, 0.15) is 77.6 Å². The summed E-state index contributed by atoms with van der Waals surface area (Å²) >= 11 is 0. The first-order valence-electron chi connectivity index (χ1n) is 22.7. The molecule has 73 heavy (non-hydrogen) atoms. The number of esters is 2. The average molecular weight is 1040 g/mol. The molecule has 8 N–H and O–H groups in total. The van der Waals surface area contributed by atoms with Gasteiger partial charge in [0.1, 0.15) is 30.9 Å². The van der Waals surface area contributed by atoms with Crippen LogP contribution in [0.15, 0.2) is 109 Å². The summed E-state index contributed by atoms with van der Waals surface area (Å²) in [6.45, 7) is 10.9. The predicted molar refractivity (Wildman–Crippen MR) is 268 cm³/mol. The van der Waals surface area contributed by atoms with Crippen molar-refractivity contribution in [3.63, 3.8) is 0 Å². The standard InChI is InChI=1S/C27H31FN2O5.C14H19NO4.C12H13FN2O2.CH4.ClH/c1-27(2,3)24(30-26(33)35-16-17-8-6-5-7-9-17)23(31)13-18(25(32)34-4)12-19-15-29-22-11-10-20(28)14-21(19)22;1-14(2,3)11(12(16)17)15-13(18)19-9-10-7-5-4-6-8-10;1-17-12(16)10(14)4-7-6-15-11-3-2-8(13)5-9(7)11;;/h5-11,14-15,18,24,29H,12-13,16H2,1-4H3,(H,30,33);4-8,11H,9H2,1-3H3,(H,15,18)(H,16,17);2-3,5-6,10,15H,4,14H2,1H3;1H4;1H/t18?,24-;11-;;;/m11.../s1. The summed E-state index contributed by atoms with van der Waals surface area (Å²) in [5.74, 6) is -3.81. The normalized spacial score (nSPS) is 12.5. The zero-order chi connectivity index (χ0) is 52.5. The van der Waals surface area contributed by atoms with Gasteiger partial charge in [-0.2, -0.15) is 0 Å². The van der Waals surface area contributed by atoms with Gasteiger partial charge in [-0.15, -0.1) is 0 Å². The van der Waals surface area contributed by atoms with E-state index in [9.17, 15) is 37.5 Å². The summed E-state index contributed by atoms with van der Waals surface area (Å²) in [6.07, 6.45) is 2.47. The number of methoxy groups -OCH3 is 2. The van der Waals surface area contributed by atoms with Crippen molar-refractivity contribution in [3.05, 3.63) is 143 Å². The number of Topliss-reactive ketones (excluding diaryl/α,β-unsaturated/α-hetero) is 1. The van der Waals surface area contributed by atoms with Crippen LogP contribution in [0.2, 0.25) is 0 Å². The average Bonchev–Trinajstić information content (AvgIpc) is 3.92. The first kappa shape index (κ1) is 61.8. The van der Waals surface area contributed by atoms with E-state index >= 15 is 0 Å². The monoisotopic (exact) mass is 1040 g/mol. The molecule has 0 aliphatic carbocycles. The number of ether oxygens (including phenoxy) is 4. The molecule has 0 aliphatic rings. The number of amides is 2. The first-order chi connectivity index (χ1) is 33.5. The number of rotatable bonds is 16. The van der Waals surface area contributed by atoms with Crippen LogP contribution in [-0.4, -0.2) is 83.3 Å². The fourth-order valence-electron chi connectivity index (χ4n) is 7.38. The number of fused-ring (bicyclic) bond motifs is 2. The smallest absolute Gasteiger partial charge is 0.408 e. The number of aromatic amines is 2. The topological polar surface area (TPSA) is 243 Å². The summed E-state index contributed by atoms with van der Waals surface area (Å²) in [5.41, 5.74) is 7.32. The molecule has 19 heteroatoms. The number of carboxylic acid groups (broad SMARTS) is 1. The summed E-state index contributed by atoms with van der Waals surface area (Å²) in [5, 5.41) is 15.5. The van der Waals surface area contributed by atoms with E-state index in [1.807, 2.05) is 81.4 Å². The fraction of sp³-hybridized carbons (Fsp3) is 0.370. The summed E-state index contributed by atoms with van der Waals surface area (Å²) in [7, 11) is 2.59.